The van der Waals surface area contributed by atoms with Crippen LogP contribution in [0.5, 0.6) is 0 Å². The quantitative estimate of drug-likeness (QED) is 0.179. The zero-order chi connectivity index (χ0) is 32.8. The van der Waals surface area contributed by atoms with Crippen molar-refractivity contribution >= 4 is 23.2 Å². The highest BCUT2D eigenvalue weighted by atomic mass is 32.1. The van der Waals surface area contributed by atoms with Gasteiger partial charge in [0, 0.05) is 59.8 Å². The van der Waals surface area contributed by atoms with E-state index >= 15 is 0 Å². The maximum absolute atomic E-state index is 14.4. The molecule has 1 aliphatic rings. The first kappa shape index (κ1) is 33.4. The number of nitrogens with zero attached hydrogens (tertiary/aromatic N) is 3. The van der Waals surface area contributed by atoms with Gasteiger partial charge in [-0.15, -0.1) is 11.3 Å². The summed E-state index contributed by atoms with van der Waals surface area (Å²) in [6.45, 7) is 8.00. The molecule has 0 spiro atoms. The van der Waals surface area contributed by atoms with Crippen LogP contribution in [0.25, 0.3) is 0 Å². The van der Waals surface area contributed by atoms with E-state index in [9.17, 15) is 19.1 Å². The summed E-state index contributed by atoms with van der Waals surface area (Å²) in [6, 6.07) is 16.0. The molecule has 5 rings (SSSR count). The summed E-state index contributed by atoms with van der Waals surface area (Å²) in [6.07, 6.45) is 4.41. The Kier molecular flexibility index (Phi) is 10.6. The topological polar surface area (TPSA) is 107 Å². The number of likely N-dealkylation sites (tertiary alicyclic amines) is 1. The lowest BCUT2D eigenvalue weighted by molar-refractivity contribution is 0.0735. The highest BCUT2D eigenvalue weighted by Crippen LogP contribution is 2.35. The molecule has 3 N–H and O–H groups in total. The van der Waals surface area contributed by atoms with Gasteiger partial charge < -0.3 is 20.6 Å². The van der Waals surface area contributed by atoms with Crippen molar-refractivity contribution in [2.75, 3.05) is 13.1 Å². The Labute approximate surface area is 274 Å². The molecule has 10 heteroatoms. The number of hydrogen-bond acceptors (Lipinski definition) is 7. The van der Waals surface area contributed by atoms with E-state index in [1.807, 2.05) is 60.5 Å². The van der Waals surface area contributed by atoms with Gasteiger partial charge in [0.25, 0.3) is 11.8 Å². The molecule has 3 heterocycles. The monoisotopic (exact) mass is 643 g/mol. The summed E-state index contributed by atoms with van der Waals surface area (Å²) < 4.78 is 14.4. The van der Waals surface area contributed by atoms with Crippen LogP contribution in [0, 0.1) is 13.8 Å². The van der Waals surface area contributed by atoms with E-state index in [0.29, 0.717) is 36.2 Å². The first-order chi connectivity index (χ1) is 22.0. The molecule has 0 saturated carbocycles. The molecule has 1 aliphatic heterocycles. The average Bonchev–Trinajstić information content (AvgIpc) is 3.69. The Morgan fingerprint density at radius 3 is 2.57 bits per heavy atom. The fraction of sp³-hybridized carbons (Fsp3) is 0.389. The van der Waals surface area contributed by atoms with Gasteiger partial charge in [0.1, 0.15) is 10.7 Å². The average molecular weight is 644 g/mol. The van der Waals surface area contributed by atoms with Gasteiger partial charge in [-0.3, -0.25) is 14.6 Å². The van der Waals surface area contributed by atoms with Gasteiger partial charge in [-0.2, -0.15) is 0 Å². The summed E-state index contributed by atoms with van der Waals surface area (Å²) in [5, 5.41) is 20.5. The molecule has 0 aliphatic carbocycles. The highest BCUT2D eigenvalue weighted by Gasteiger charge is 2.33. The van der Waals surface area contributed by atoms with Crippen molar-refractivity contribution in [2.45, 2.75) is 77.4 Å². The number of thiazole rings is 1. The van der Waals surface area contributed by atoms with Crippen molar-refractivity contribution in [1.82, 2.24) is 25.5 Å². The van der Waals surface area contributed by atoms with E-state index in [-0.39, 0.29) is 24.4 Å². The van der Waals surface area contributed by atoms with Crippen molar-refractivity contribution in [3.63, 3.8) is 0 Å². The summed E-state index contributed by atoms with van der Waals surface area (Å²) >= 11 is 1.57. The number of benzene rings is 2. The predicted molar refractivity (Wildman–Crippen MR) is 179 cm³/mol. The summed E-state index contributed by atoms with van der Waals surface area (Å²) in [5.41, 5.74) is 3.29. The number of carbonyl (C=O) groups excluding carboxylic acids is 2. The van der Waals surface area contributed by atoms with Crippen LogP contribution in [0.4, 0.5) is 4.39 Å². The molecule has 242 valence electrons. The molecule has 2 aromatic carbocycles. The van der Waals surface area contributed by atoms with Crippen LogP contribution < -0.4 is 10.6 Å². The minimum Gasteiger partial charge on any atom is -0.390 e. The van der Waals surface area contributed by atoms with Crippen LogP contribution in [0.2, 0.25) is 0 Å². The molecule has 1 fully saturated rings. The number of aliphatic hydroxyl groups excluding tert-OH is 1. The Bertz CT molecular complexity index is 1650. The van der Waals surface area contributed by atoms with Crippen LogP contribution in [-0.2, 0) is 18.6 Å². The summed E-state index contributed by atoms with van der Waals surface area (Å²) in [7, 11) is 0. The lowest BCUT2D eigenvalue weighted by Crippen LogP contribution is -2.48. The molecule has 0 bridgehead atoms. The minimum absolute atomic E-state index is 0.0661. The predicted octanol–water partition coefficient (Wildman–Crippen LogP) is 5.83. The molecule has 1 saturated heterocycles. The zero-order valence-corrected chi connectivity index (χ0v) is 27.6. The standard InChI is InChI=1S/C36H42FN5O3S/c1-23-13-27(17-28(14-23)35(45)42-12-8-11-31(42)34-40-24(2)22-46-34)33(44)41-30(16-25-9-6-5-7-10-25)32(43)21-39-19-26-15-29(20-38-18-26)36(3,4)37/h5-7,9-10,13-15,17-18,20,22,30-32,39,43H,8,11-12,16,19,21H2,1-4H3,(H,41,44)/t30-,31+,32-/m0/s1. The van der Waals surface area contributed by atoms with Crippen molar-refractivity contribution in [3.8, 4) is 0 Å². The Morgan fingerprint density at radius 2 is 1.85 bits per heavy atom. The van der Waals surface area contributed by atoms with Gasteiger partial charge in [-0.05, 0) is 87.9 Å². The number of alkyl halides is 1. The maximum Gasteiger partial charge on any atom is 0.254 e. The van der Waals surface area contributed by atoms with Gasteiger partial charge in [-0.25, -0.2) is 9.37 Å². The van der Waals surface area contributed by atoms with E-state index < -0.39 is 17.8 Å². The van der Waals surface area contributed by atoms with Gasteiger partial charge >= 0.3 is 0 Å². The van der Waals surface area contributed by atoms with E-state index in [1.165, 1.54) is 20.0 Å². The zero-order valence-electron chi connectivity index (χ0n) is 26.8. The number of halogens is 1. The normalized spacial score (nSPS) is 16.3. The second kappa shape index (κ2) is 14.6. The van der Waals surface area contributed by atoms with E-state index in [4.69, 9.17) is 0 Å². The lowest BCUT2D eigenvalue weighted by Gasteiger charge is -2.26. The number of carbonyl (C=O) groups is 2. The molecule has 2 aromatic heterocycles. The summed E-state index contributed by atoms with van der Waals surface area (Å²) in [5.74, 6) is -0.485. The fourth-order valence-corrected chi connectivity index (χ4v) is 6.76. The molecule has 0 unspecified atom stereocenters. The number of hydrogen-bond donors (Lipinski definition) is 3. The summed E-state index contributed by atoms with van der Waals surface area (Å²) in [4.78, 5) is 38.1. The SMILES string of the molecule is Cc1cc(C(=O)N[C@@H](Cc2ccccc2)[C@@H](O)CNCc2cncc(C(C)(C)F)c2)cc(C(=O)N2CCC[C@@H]2c2nc(C)cs2)c1. The first-order valence-corrected chi connectivity index (χ1v) is 16.6. The van der Waals surface area contributed by atoms with E-state index in [1.54, 1.807) is 35.7 Å². The third kappa shape index (κ3) is 8.43. The largest absolute Gasteiger partial charge is 0.390 e. The van der Waals surface area contributed by atoms with Gasteiger partial charge in [0.15, 0.2) is 0 Å². The van der Waals surface area contributed by atoms with Crippen molar-refractivity contribution < 1.29 is 19.1 Å². The molecular weight excluding hydrogens is 601 g/mol. The number of nitrogens with one attached hydrogen (secondary N) is 2. The number of rotatable bonds is 12. The fourth-order valence-electron chi connectivity index (χ4n) is 5.81. The first-order valence-electron chi connectivity index (χ1n) is 15.7. The Balaban J connectivity index is 1.29. The van der Waals surface area contributed by atoms with E-state index in [0.717, 1.165) is 40.2 Å². The van der Waals surface area contributed by atoms with Gasteiger partial charge in [-0.1, -0.05) is 30.3 Å². The number of aromatic nitrogens is 2. The van der Waals surface area contributed by atoms with Crippen LogP contribution in [0.15, 0.2) is 72.4 Å². The van der Waals surface area contributed by atoms with Gasteiger partial charge in [0.2, 0.25) is 0 Å². The molecule has 4 aromatic rings. The van der Waals surface area contributed by atoms with Crippen molar-refractivity contribution in [2.24, 2.45) is 0 Å². The number of pyridine rings is 1. The highest BCUT2D eigenvalue weighted by molar-refractivity contribution is 7.09. The van der Waals surface area contributed by atoms with E-state index in [2.05, 4.69) is 20.6 Å². The number of amides is 2. The van der Waals surface area contributed by atoms with Crippen molar-refractivity contribution in [1.29, 1.82) is 0 Å². The second-order valence-corrected chi connectivity index (χ2v) is 13.5. The van der Waals surface area contributed by atoms with Crippen LogP contribution in [0.3, 0.4) is 0 Å². The van der Waals surface area contributed by atoms with Crippen molar-refractivity contribution in [3.05, 3.63) is 116 Å². The molecule has 8 nitrogen and oxygen atoms in total. The Morgan fingerprint density at radius 1 is 1.09 bits per heavy atom. The van der Waals surface area contributed by atoms with Gasteiger partial charge in [0.05, 0.1) is 18.2 Å². The Hall–Kier alpha value is -3.99. The molecular formula is C36H42FN5O3S. The molecule has 3 atom stereocenters. The maximum atomic E-state index is 14.4. The minimum atomic E-state index is -1.51. The molecule has 0 radical (unpaired) electrons. The van der Waals surface area contributed by atoms with Crippen LogP contribution in [-0.4, -0.2) is 57.0 Å². The van der Waals surface area contributed by atoms with Crippen LogP contribution >= 0.6 is 11.3 Å². The second-order valence-electron chi connectivity index (χ2n) is 12.6. The third-order valence-electron chi connectivity index (χ3n) is 8.27. The van der Waals surface area contributed by atoms with Crippen LogP contribution in [0.1, 0.15) is 86.4 Å². The third-order valence-corrected chi connectivity index (χ3v) is 9.33. The molecule has 46 heavy (non-hydrogen) atoms. The lowest BCUT2D eigenvalue weighted by atomic mass is 9.99. The number of aliphatic hydroxyl groups is 1. The number of aryl methyl sites for hydroxylation is 2. The molecule has 2 amide bonds. The smallest absolute Gasteiger partial charge is 0.254 e.